The lowest BCUT2D eigenvalue weighted by Gasteiger charge is -2.42. The molecule has 3 aromatic rings. The summed E-state index contributed by atoms with van der Waals surface area (Å²) >= 11 is 0. The van der Waals surface area contributed by atoms with E-state index in [4.69, 9.17) is 9.15 Å². The maximum absolute atomic E-state index is 13.0. The molecule has 2 fully saturated rings. The summed E-state index contributed by atoms with van der Waals surface area (Å²) in [4.78, 5) is 18.0. The molecule has 0 aliphatic carbocycles. The summed E-state index contributed by atoms with van der Waals surface area (Å²) in [6, 6.07) is 12.6. The Morgan fingerprint density at radius 2 is 2.00 bits per heavy atom. The highest BCUT2D eigenvalue weighted by Gasteiger charge is 2.51. The number of likely N-dealkylation sites (tertiary alicyclic amines) is 1. The molecule has 2 atom stereocenters. The van der Waals surface area contributed by atoms with E-state index in [9.17, 15) is 4.79 Å². The van der Waals surface area contributed by atoms with Crippen LogP contribution in [-0.2, 0) is 10.2 Å². The van der Waals surface area contributed by atoms with E-state index >= 15 is 0 Å². The molecule has 0 spiro atoms. The van der Waals surface area contributed by atoms with Crippen LogP contribution < -0.4 is 0 Å². The summed E-state index contributed by atoms with van der Waals surface area (Å²) in [6.45, 7) is 2.10. The third kappa shape index (κ3) is 2.61. The van der Waals surface area contributed by atoms with Gasteiger partial charge < -0.3 is 19.0 Å². The number of furan rings is 1. The van der Waals surface area contributed by atoms with Crippen LogP contribution in [0.3, 0.4) is 0 Å². The van der Waals surface area contributed by atoms with E-state index in [-0.39, 0.29) is 17.4 Å². The minimum Gasteiger partial charge on any atom is -0.472 e. The molecular formula is C22H22N2O3. The largest absolute Gasteiger partial charge is 0.472 e. The fourth-order valence-electron chi connectivity index (χ4n) is 4.70. The molecule has 0 radical (unpaired) electrons. The van der Waals surface area contributed by atoms with Gasteiger partial charge in [-0.3, -0.25) is 4.79 Å². The van der Waals surface area contributed by atoms with E-state index in [0.717, 1.165) is 37.1 Å². The molecule has 138 valence electrons. The van der Waals surface area contributed by atoms with Crippen LogP contribution in [0.5, 0.6) is 0 Å². The van der Waals surface area contributed by atoms with Crippen LogP contribution >= 0.6 is 0 Å². The summed E-state index contributed by atoms with van der Waals surface area (Å²) in [5.74, 6) is 0.0867. The van der Waals surface area contributed by atoms with Gasteiger partial charge in [-0.15, -0.1) is 0 Å². The number of carbonyl (C=O) groups is 1. The number of hydrogen-bond donors (Lipinski definition) is 1. The highest BCUT2D eigenvalue weighted by molar-refractivity contribution is 5.94. The lowest BCUT2D eigenvalue weighted by molar-refractivity contribution is 0.00298. The molecule has 1 aromatic carbocycles. The van der Waals surface area contributed by atoms with Crippen molar-refractivity contribution in [1.82, 2.24) is 9.88 Å². The van der Waals surface area contributed by atoms with Gasteiger partial charge in [0.05, 0.1) is 30.7 Å². The number of benzene rings is 1. The number of carbonyl (C=O) groups excluding carboxylic acids is 1. The normalized spacial score (nSPS) is 24.7. The van der Waals surface area contributed by atoms with Gasteiger partial charge in [0, 0.05) is 36.5 Å². The van der Waals surface area contributed by atoms with Crippen molar-refractivity contribution >= 4 is 5.91 Å². The second-order valence-corrected chi connectivity index (χ2v) is 7.43. The number of rotatable bonds is 3. The third-order valence-corrected chi connectivity index (χ3v) is 6.20. The molecule has 2 aromatic heterocycles. The number of aromatic nitrogens is 1. The highest BCUT2D eigenvalue weighted by atomic mass is 16.5. The molecule has 2 saturated heterocycles. The van der Waals surface area contributed by atoms with Crippen LogP contribution in [0.1, 0.15) is 28.8 Å². The third-order valence-electron chi connectivity index (χ3n) is 6.20. The van der Waals surface area contributed by atoms with Crippen LogP contribution in [0.25, 0.3) is 11.1 Å². The Morgan fingerprint density at radius 1 is 1.11 bits per heavy atom. The van der Waals surface area contributed by atoms with Crippen LogP contribution in [0.15, 0.2) is 65.7 Å². The van der Waals surface area contributed by atoms with E-state index in [2.05, 4.69) is 29.2 Å². The molecule has 1 N–H and O–H groups in total. The molecule has 2 aliphatic heterocycles. The van der Waals surface area contributed by atoms with Crippen molar-refractivity contribution in [2.24, 2.45) is 0 Å². The Hall–Kier alpha value is -2.79. The zero-order chi connectivity index (χ0) is 18.3. The van der Waals surface area contributed by atoms with Gasteiger partial charge in [0.15, 0.2) is 0 Å². The average Bonchev–Trinajstić information content (AvgIpc) is 3.49. The van der Waals surface area contributed by atoms with Crippen LogP contribution in [0, 0.1) is 0 Å². The fourth-order valence-corrected chi connectivity index (χ4v) is 4.70. The van der Waals surface area contributed by atoms with E-state index in [1.807, 2.05) is 17.0 Å². The first-order valence-electron chi connectivity index (χ1n) is 9.43. The maximum atomic E-state index is 13.0. The van der Waals surface area contributed by atoms with Gasteiger partial charge in [0.25, 0.3) is 5.91 Å². The molecule has 27 heavy (non-hydrogen) atoms. The minimum absolute atomic E-state index is 0.0286. The lowest BCUT2D eigenvalue weighted by atomic mass is 9.70. The number of nitrogens with one attached hydrogen (secondary N) is 1. The predicted molar refractivity (Wildman–Crippen MR) is 101 cm³/mol. The topological polar surface area (TPSA) is 58.5 Å². The van der Waals surface area contributed by atoms with Crippen molar-refractivity contribution in [3.63, 3.8) is 0 Å². The van der Waals surface area contributed by atoms with E-state index in [1.54, 1.807) is 24.9 Å². The zero-order valence-electron chi connectivity index (χ0n) is 15.1. The standard InChI is InChI=1S/C22H22N2O3/c25-21(17-5-9-23-13-17)24-10-7-22(8-12-27-15-20(22)24)19-3-1-16(2-4-19)18-6-11-26-14-18/h1-6,9,11,13-14,20,23H,7-8,10,12,15H2. The number of H-pyrrole nitrogens is 1. The molecule has 4 heterocycles. The van der Waals surface area contributed by atoms with Gasteiger partial charge in [-0.25, -0.2) is 0 Å². The van der Waals surface area contributed by atoms with Crippen LogP contribution in [0.4, 0.5) is 0 Å². The molecule has 5 nitrogen and oxygen atoms in total. The average molecular weight is 362 g/mol. The number of hydrogen-bond acceptors (Lipinski definition) is 3. The number of aromatic amines is 1. The van der Waals surface area contributed by atoms with Gasteiger partial charge in [-0.1, -0.05) is 24.3 Å². The molecular weight excluding hydrogens is 340 g/mol. The first-order valence-corrected chi connectivity index (χ1v) is 9.43. The Balaban J connectivity index is 1.47. The molecule has 0 bridgehead atoms. The Morgan fingerprint density at radius 3 is 2.74 bits per heavy atom. The van der Waals surface area contributed by atoms with E-state index in [1.165, 1.54) is 5.56 Å². The summed E-state index contributed by atoms with van der Waals surface area (Å²) in [5.41, 5.74) is 4.21. The number of amides is 1. The molecule has 0 saturated carbocycles. The van der Waals surface area contributed by atoms with Crippen molar-refractivity contribution in [3.05, 3.63) is 72.4 Å². The lowest BCUT2D eigenvalue weighted by Crippen LogP contribution is -2.51. The van der Waals surface area contributed by atoms with E-state index in [0.29, 0.717) is 12.2 Å². The van der Waals surface area contributed by atoms with Crippen LogP contribution in [0.2, 0.25) is 0 Å². The Labute approximate surface area is 157 Å². The zero-order valence-corrected chi connectivity index (χ0v) is 15.1. The highest BCUT2D eigenvalue weighted by Crippen LogP contribution is 2.46. The smallest absolute Gasteiger partial charge is 0.255 e. The van der Waals surface area contributed by atoms with Gasteiger partial charge in [-0.2, -0.15) is 0 Å². The quantitative estimate of drug-likeness (QED) is 0.770. The summed E-state index contributed by atoms with van der Waals surface area (Å²) in [6.07, 6.45) is 8.94. The first kappa shape index (κ1) is 16.4. The molecule has 2 unspecified atom stereocenters. The maximum Gasteiger partial charge on any atom is 0.255 e. The summed E-state index contributed by atoms with van der Waals surface area (Å²) < 4.78 is 11.0. The molecule has 2 aliphatic rings. The Bertz CT molecular complexity index is 915. The monoisotopic (exact) mass is 362 g/mol. The van der Waals surface area contributed by atoms with Crippen molar-refractivity contribution in [1.29, 1.82) is 0 Å². The molecule has 5 rings (SSSR count). The van der Waals surface area contributed by atoms with Crippen molar-refractivity contribution in [2.45, 2.75) is 24.3 Å². The van der Waals surface area contributed by atoms with Gasteiger partial charge in [0.1, 0.15) is 0 Å². The predicted octanol–water partition coefficient (Wildman–Crippen LogP) is 3.85. The fraction of sp³-hybridized carbons (Fsp3) is 0.318. The second-order valence-electron chi connectivity index (χ2n) is 7.43. The summed E-state index contributed by atoms with van der Waals surface area (Å²) in [7, 11) is 0. The molecule has 1 amide bonds. The minimum atomic E-state index is -0.0286. The van der Waals surface area contributed by atoms with E-state index < -0.39 is 0 Å². The first-order chi connectivity index (χ1) is 13.3. The Kier molecular flexibility index (Phi) is 3.90. The van der Waals surface area contributed by atoms with Crippen LogP contribution in [-0.4, -0.2) is 41.6 Å². The summed E-state index contributed by atoms with van der Waals surface area (Å²) in [5, 5.41) is 0. The second kappa shape index (κ2) is 6.43. The van der Waals surface area contributed by atoms with Gasteiger partial charge in [0.2, 0.25) is 0 Å². The number of nitrogens with zero attached hydrogens (tertiary/aromatic N) is 1. The number of fused-ring (bicyclic) bond motifs is 1. The van der Waals surface area contributed by atoms with Gasteiger partial charge in [-0.05, 0) is 36.1 Å². The molecule has 5 heteroatoms. The van der Waals surface area contributed by atoms with Crippen molar-refractivity contribution in [2.75, 3.05) is 19.8 Å². The SMILES string of the molecule is O=C(c1cc[nH]c1)N1CCC2(c3ccc(-c4ccoc4)cc3)CCOCC12. The van der Waals surface area contributed by atoms with Gasteiger partial charge >= 0.3 is 0 Å². The van der Waals surface area contributed by atoms with Crippen molar-refractivity contribution in [3.8, 4) is 11.1 Å². The van der Waals surface area contributed by atoms with Crippen molar-refractivity contribution < 1.29 is 13.9 Å². The number of ether oxygens (including phenoxy) is 1.